The van der Waals surface area contributed by atoms with Crippen LogP contribution in [0, 0.1) is 59.2 Å². The van der Waals surface area contributed by atoms with Crippen molar-refractivity contribution in [3.8, 4) is 0 Å². The largest absolute Gasteiger partial charge is 0.374 e. The van der Waals surface area contributed by atoms with Crippen molar-refractivity contribution in [3.63, 3.8) is 0 Å². The lowest BCUT2D eigenvalue weighted by Gasteiger charge is -2.47. The first-order chi connectivity index (χ1) is 18.5. The first-order valence-corrected chi connectivity index (χ1v) is 17.9. The highest BCUT2D eigenvalue weighted by Crippen LogP contribution is 2.51. The van der Waals surface area contributed by atoms with Gasteiger partial charge in [0.05, 0.1) is 12.2 Å². The van der Waals surface area contributed by atoms with Crippen LogP contribution in [0.25, 0.3) is 0 Å². The Hall–Kier alpha value is -0.300. The average molecular weight is 525 g/mol. The van der Waals surface area contributed by atoms with Crippen molar-refractivity contribution in [1.29, 1.82) is 0 Å². The van der Waals surface area contributed by atoms with Gasteiger partial charge in [-0.25, -0.2) is 0 Å². The third kappa shape index (κ3) is 7.12. The summed E-state index contributed by atoms with van der Waals surface area (Å²) in [5.41, 5.74) is 0. The monoisotopic (exact) mass is 524 g/mol. The summed E-state index contributed by atoms with van der Waals surface area (Å²) in [7, 11) is 0. The molecule has 4 saturated carbocycles. The molecule has 0 spiro atoms. The molecule has 38 heavy (non-hydrogen) atoms. The van der Waals surface area contributed by atoms with Gasteiger partial charge >= 0.3 is 0 Å². The molecule has 0 aromatic rings. The van der Waals surface area contributed by atoms with Crippen molar-refractivity contribution in [2.45, 2.75) is 162 Å². The molecule has 218 valence electrons. The van der Waals surface area contributed by atoms with Gasteiger partial charge in [-0.2, -0.15) is 0 Å². The predicted octanol–water partition coefficient (Wildman–Crippen LogP) is 11.0. The summed E-state index contributed by atoms with van der Waals surface area (Å²) >= 11 is 0. The van der Waals surface area contributed by atoms with Crippen LogP contribution in [0.2, 0.25) is 0 Å². The van der Waals surface area contributed by atoms with Crippen LogP contribution in [0.1, 0.15) is 150 Å². The number of rotatable bonds is 8. The zero-order chi connectivity index (χ0) is 26.5. The summed E-state index contributed by atoms with van der Waals surface area (Å²) in [4.78, 5) is 0. The maximum Gasteiger partial charge on any atom is 0.0641 e. The van der Waals surface area contributed by atoms with E-state index >= 15 is 0 Å². The molecule has 1 nitrogen and oxygen atoms in total. The van der Waals surface area contributed by atoms with Crippen LogP contribution < -0.4 is 0 Å². The van der Waals surface area contributed by atoms with Crippen molar-refractivity contribution < 1.29 is 4.74 Å². The Morgan fingerprint density at radius 3 is 1.89 bits per heavy atom. The van der Waals surface area contributed by atoms with Crippen molar-refractivity contribution >= 4 is 0 Å². The van der Waals surface area contributed by atoms with Gasteiger partial charge in [0.15, 0.2) is 0 Å². The minimum Gasteiger partial charge on any atom is -0.374 e. The molecule has 4 fully saturated rings. The molecule has 0 heterocycles. The molecule has 6 atom stereocenters. The molecular weight excluding hydrogens is 460 g/mol. The lowest BCUT2D eigenvalue weighted by Crippen LogP contribution is -2.38. The first kappa shape index (κ1) is 29.2. The van der Waals surface area contributed by atoms with E-state index in [-0.39, 0.29) is 0 Å². The standard InChI is InChI=1S/C37H64O/c1-5-36(38-37-14-10-9-11-27(37)4)32-21-19-29(20-22-32)28-15-17-30(18-16-28)33-23-24-34(35(25-33)26(2)3)31-12-7-6-8-13-31/h9,11,26-37H,5-8,10,12-25H2,1-4H3/t27-,28?,29?,30?,32?,33?,34?,35?,36?,37?/m1/s1. The van der Waals surface area contributed by atoms with E-state index in [0.717, 1.165) is 53.3 Å². The second-order valence-electron chi connectivity index (χ2n) is 15.4. The molecule has 5 rings (SSSR count). The molecule has 5 unspecified atom stereocenters. The van der Waals surface area contributed by atoms with Gasteiger partial charge in [-0.05, 0) is 143 Å². The predicted molar refractivity (Wildman–Crippen MR) is 163 cm³/mol. The third-order valence-corrected chi connectivity index (χ3v) is 13.0. The van der Waals surface area contributed by atoms with Crippen LogP contribution in [-0.2, 0) is 4.74 Å². The molecule has 5 aliphatic rings. The third-order valence-electron chi connectivity index (χ3n) is 13.0. The molecule has 1 heteroatoms. The van der Waals surface area contributed by atoms with E-state index in [1.54, 1.807) is 57.8 Å². The van der Waals surface area contributed by atoms with Crippen LogP contribution in [0.15, 0.2) is 12.2 Å². The maximum atomic E-state index is 6.77. The summed E-state index contributed by atoms with van der Waals surface area (Å²) in [6.45, 7) is 9.83. The highest BCUT2D eigenvalue weighted by atomic mass is 16.5. The number of ether oxygens (including phenoxy) is 1. The van der Waals surface area contributed by atoms with Crippen LogP contribution in [-0.4, -0.2) is 12.2 Å². The zero-order valence-electron chi connectivity index (χ0n) is 25.9. The molecule has 0 N–H and O–H groups in total. The Kier molecular flexibility index (Phi) is 10.8. The smallest absolute Gasteiger partial charge is 0.0641 e. The number of allylic oxidation sites excluding steroid dienone is 1. The highest BCUT2D eigenvalue weighted by Gasteiger charge is 2.41. The summed E-state index contributed by atoms with van der Waals surface area (Å²) in [6, 6.07) is 0. The molecule has 0 aliphatic heterocycles. The van der Waals surface area contributed by atoms with Gasteiger partial charge in [0, 0.05) is 5.92 Å². The minimum atomic E-state index is 0.464. The highest BCUT2D eigenvalue weighted by molar-refractivity contribution is 4.97. The normalized spacial score (nSPS) is 42.3. The van der Waals surface area contributed by atoms with Crippen LogP contribution in [0.4, 0.5) is 0 Å². The molecular formula is C37H64O. The van der Waals surface area contributed by atoms with Gasteiger partial charge in [0.2, 0.25) is 0 Å². The second kappa shape index (κ2) is 14.0. The summed E-state index contributed by atoms with van der Waals surface area (Å²) < 4.78 is 6.77. The lowest BCUT2D eigenvalue weighted by molar-refractivity contribution is -0.0754. The molecule has 0 aromatic heterocycles. The Labute approximate surface area is 237 Å². The minimum absolute atomic E-state index is 0.464. The van der Waals surface area contributed by atoms with Crippen molar-refractivity contribution in [1.82, 2.24) is 0 Å². The van der Waals surface area contributed by atoms with Gasteiger partial charge in [0.25, 0.3) is 0 Å². The van der Waals surface area contributed by atoms with Crippen LogP contribution >= 0.6 is 0 Å². The quantitative estimate of drug-likeness (QED) is 0.287. The Morgan fingerprint density at radius 1 is 0.684 bits per heavy atom. The number of hydrogen-bond donors (Lipinski definition) is 0. The summed E-state index contributed by atoms with van der Waals surface area (Å²) in [5.74, 6) is 9.63. The van der Waals surface area contributed by atoms with E-state index in [0.29, 0.717) is 18.1 Å². The van der Waals surface area contributed by atoms with Crippen molar-refractivity contribution in [3.05, 3.63) is 12.2 Å². The molecule has 5 aliphatic carbocycles. The number of hydrogen-bond acceptors (Lipinski definition) is 1. The second-order valence-corrected chi connectivity index (χ2v) is 15.4. The summed E-state index contributed by atoms with van der Waals surface area (Å²) in [5, 5.41) is 0. The Bertz CT molecular complexity index is 702. The fourth-order valence-corrected chi connectivity index (χ4v) is 10.6. The fraction of sp³-hybridized carbons (Fsp3) is 0.946. The van der Waals surface area contributed by atoms with Gasteiger partial charge in [-0.15, -0.1) is 0 Å². The van der Waals surface area contributed by atoms with Crippen LogP contribution in [0.5, 0.6) is 0 Å². The van der Waals surface area contributed by atoms with Crippen molar-refractivity contribution in [2.24, 2.45) is 59.2 Å². The van der Waals surface area contributed by atoms with E-state index < -0.39 is 0 Å². The Morgan fingerprint density at radius 2 is 1.29 bits per heavy atom. The maximum absolute atomic E-state index is 6.77. The Balaban J connectivity index is 1.06. The van der Waals surface area contributed by atoms with Crippen LogP contribution in [0.3, 0.4) is 0 Å². The van der Waals surface area contributed by atoms with Crippen molar-refractivity contribution in [2.75, 3.05) is 0 Å². The fourth-order valence-electron chi connectivity index (χ4n) is 10.6. The molecule has 0 saturated heterocycles. The van der Waals surface area contributed by atoms with Gasteiger partial charge in [-0.1, -0.05) is 72.0 Å². The van der Waals surface area contributed by atoms with E-state index in [4.69, 9.17) is 4.74 Å². The van der Waals surface area contributed by atoms with Gasteiger partial charge in [-0.3, -0.25) is 0 Å². The summed E-state index contributed by atoms with van der Waals surface area (Å²) in [6.07, 6.45) is 33.8. The molecule has 0 radical (unpaired) electrons. The van der Waals surface area contributed by atoms with E-state index in [9.17, 15) is 0 Å². The lowest BCUT2D eigenvalue weighted by atomic mass is 9.58. The average Bonchev–Trinajstić information content (AvgIpc) is 2.97. The van der Waals surface area contributed by atoms with E-state index in [2.05, 4.69) is 39.8 Å². The topological polar surface area (TPSA) is 9.23 Å². The molecule has 0 bridgehead atoms. The first-order valence-electron chi connectivity index (χ1n) is 17.9. The van der Waals surface area contributed by atoms with E-state index in [1.807, 2.05) is 0 Å². The van der Waals surface area contributed by atoms with Gasteiger partial charge < -0.3 is 4.74 Å². The molecule has 0 amide bonds. The molecule has 0 aromatic carbocycles. The van der Waals surface area contributed by atoms with E-state index in [1.165, 1.54) is 64.2 Å². The van der Waals surface area contributed by atoms with Gasteiger partial charge in [0.1, 0.15) is 0 Å². The SMILES string of the molecule is CCC(OC1CCC=C[C@H]1C)C1CCC(C2CCC(C3CCC(C4CCCCC4)C(C(C)C)C3)CC2)CC1. The zero-order valence-corrected chi connectivity index (χ0v) is 25.9.